The Morgan fingerprint density at radius 1 is 1.23 bits per heavy atom. The van der Waals surface area contributed by atoms with Crippen molar-refractivity contribution in [2.45, 2.75) is 0 Å². The summed E-state index contributed by atoms with van der Waals surface area (Å²) in [4.78, 5) is 7.76. The van der Waals surface area contributed by atoms with Crippen molar-refractivity contribution >= 4 is 0 Å². The summed E-state index contributed by atoms with van der Waals surface area (Å²) in [7, 11) is 0. The summed E-state index contributed by atoms with van der Waals surface area (Å²) in [6.45, 7) is 0. The molecule has 3 heteroatoms. The maximum atomic E-state index is 13.2. The fourth-order valence-corrected chi connectivity index (χ4v) is 1.04. The van der Waals surface area contributed by atoms with Crippen molar-refractivity contribution in [3.8, 4) is 11.4 Å². The molecule has 2 rings (SSSR count). The van der Waals surface area contributed by atoms with Gasteiger partial charge < -0.3 is 0 Å². The molecule has 13 heavy (non-hydrogen) atoms. The lowest BCUT2D eigenvalue weighted by Crippen LogP contribution is -1.89. The first-order valence-corrected chi connectivity index (χ1v) is 3.82. The summed E-state index contributed by atoms with van der Waals surface area (Å²) in [5.41, 5.74) is 0.402. The van der Waals surface area contributed by atoms with Gasteiger partial charge in [-0.25, -0.2) is 14.4 Å². The Kier molecular flexibility index (Phi) is 2.00. The molecule has 0 aliphatic heterocycles. The Morgan fingerprint density at radius 3 is 2.77 bits per heavy atom. The van der Waals surface area contributed by atoms with E-state index in [0.29, 0.717) is 11.4 Å². The maximum absolute atomic E-state index is 13.2. The molecule has 0 aliphatic carbocycles. The molecule has 0 atom stereocenters. The second-order valence-corrected chi connectivity index (χ2v) is 2.49. The van der Waals surface area contributed by atoms with Crippen LogP contribution in [0.25, 0.3) is 11.4 Å². The van der Waals surface area contributed by atoms with E-state index in [-0.39, 0.29) is 5.82 Å². The van der Waals surface area contributed by atoms with Crippen molar-refractivity contribution in [2.75, 3.05) is 0 Å². The van der Waals surface area contributed by atoms with Gasteiger partial charge in [0.15, 0.2) is 5.82 Å². The van der Waals surface area contributed by atoms with E-state index in [4.69, 9.17) is 0 Å². The first kappa shape index (κ1) is 7.86. The third kappa shape index (κ3) is 1.54. The van der Waals surface area contributed by atoms with Gasteiger partial charge in [-0.1, -0.05) is 12.1 Å². The van der Waals surface area contributed by atoms with Crippen LogP contribution in [-0.4, -0.2) is 9.97 Å². The van der Waals surface area contributed by atoms with Gasteiger partial charge in [0.05, 0.1) is 11.8 Å². The molecule has 0 N–H and O–H groups in total. The highest BCUT2D eigenvalue weighted by Crippen LogP contribution is 2.16. The predicted molar refractivity (Wildman–Crippen MR) is 46.3 cm³/mol. The normalized spacial score (nSPS) is 9.92. The van der Waals surface area contributed by atoms with Crippen LogP contribution in [0.5, 0.6) is 0 Å². The van der Waals surface area contributed by atoms with Gasteiger partial charge in [-0.05, 0) is 18.2 Å². The minimum Gasteiger partial charge on any atom is -0.236 e. The lowest BCUT2D eigenvalue weighted by Gasteiger charge is -1.98. The quantitative estimate of drug-likeness (QED) is 0.659. The molecule has 1 aromatic carbocycles. The van der Waals surface area contributed by atoms with Crippen molar-refractivity contribution in [3.05, 3.63) is 48.5 Å². The van der Waals surface area contributed by atoms with Crippen molar-refractivity contribution in [3.63, 3.8) is 0 Å². The van der Waals surface area contributed by atoms with Crippen LogP contribution in [-0.2, 0) is 0 Å². The van der Waals surface area contributed by atoms with Gasteiger partial charge in [0.1, 0.15) is 5.82 Å². The van der Waals surface area contributed by atoms with Crippen molar-refractivity contribution in [1.29, 1.82) is 0 Å². The number of aromatic nitrogens is 2. The summed E-state index contributed by atoms with van der Waals surface area (Å²) < 4.78 is 13.2. The van der Waals surface area contributed by atoms with Crippen LogP contribution in [0.2, 0.25) is 0 Å². The van der Waals surface area contributed by atoms with Gasteiger partial charge in [0, 0.05) is 6.20 Å². The van der Waals surface area contributed by atoms with E-state index in [0.717, 1.165) is 0 Å². The SMILES string of the molecule is Fc1ccccc1-c1n[c]ccn1. The minimum absolute atomic E-state index is 0.317. The Labute approximate surface area is 75.1 Å². The molecular formula is C10H6FN2. The largest absolute Gasteiger partial charge is 0.236 e. The Bertz CT molecular complexity index is 401. The molecule has 0 saturated heterocycles. The zero-order valence-corrected chi connectivity index (χ0v) is 6.74. The van der Waals surface area contributed by atoms with E-state index in [2.05, 4.69) is 16.2 Å². The monoisotopic (exact) mass is 173 g/mol. The lowest BCUT2D eigenvalue weighted by atomic mass is 10.2. The number of hydrogen-bond acceptors (Lipinski definition) is 2. The zero-order chi connectivity index (χ0) is 9.10. The standard InChI is InChI=1S/C10H6FN2/c11-9-5-2-1-4-8(9)10-12-6-3-7-13-10/h1-6H. The molecule has 0 aliphatic rings. The summed E-state index contributed by atoms with van der Waals surface area (Å²) in [6, 6.07) is 7.97. The topological polar surface area (TPSA) is 25.8 Å². The Balaban J connectivity index is 2.54. The molecule has 0 unspecified atom stereocenters. The van der Waals surface area contributed by atoms with Gasteiger partial charge in [-0.3, -0.25) is 0 Å². The molecule has 0 spiro atoms. The van der Waals surface area contributed by atoms with E-state index in [1.54, 1.807) is 24.3 Å². The number of halogens is 1. The summed E-state index contributed by atoms with van der Waals surface area (Å²) in [5.74, 6) is 0.0442. The van der Waals surface area contributed by atoms with E-state index in [1.807, 2.05) is 0 Å². The average molecular weight is 173 g/mol. The molecule has 0 amide bonds. The second kappa shape index (κ2) is 3.31. The van der Waals surface area contributed by atoms with E-state index < -0.39 is 0 Å². The third-order valence-corrected chi connectivity index (χ3v) is 1.63. The maximum Gasteiger partial charge on any atom is 0.162 e. The van der Waals surface area contributed by atoms with Crippen LogP contribution in [0.15, 0.2) is 36.5 Å². The van der Waals surface area contributed by atoms with Crippen LogP contribution < -0.4 is 0 Å². The van der Waals surface area contributed by atoms with Crippen LogP contribution in [0.4, 0.5) is 4.39 Å². The van der Waals surface area contributed by atoms with Crippen LogP contribution in [0.3, 0.4) is 0 Å². The first-order valence-electron chi connectivity index (χ1n) is 3.82. The lowest BCUT2D eigenvalue weighted by molar-refractivity contribution is 0.630. The fourth-order valence-electron chi connectivity index (χ4n) is 1.04. The van der Waals surface area contributed by atoms with E-state index >= 15 is 0 Å². The summed E-state index contributed by atoms with van der Waals surface area (Å²) in [6.07, 6.45) is 4.14. The van der Waals surface area contributed by atoms with Gasteiger partial charge in [-0.2, -0.15) is 0 Å². The molecule has 0 saturated carbocycles. The predicted octanol–water partition coefficient (Wildman–Crippen LogP) is 2.08. The van der Waals surface area contributed by atoms with E-state index in [1.165, 1.54) is 12.3 Å². The van der Waals surface area contributed by atoms with Crippen LogP contribution in [0, 0.1) is 12.0 Å². The molecular weight excluding hydrogens is 167 g/mol. The highest BCUT2D eigenvalue weighted by atomic mass is 19.1. The fraction of sp³-hybridized carbons (Fsp3) is 0. The molecule has 1 heterocycles. The van der Waals surface area contributed by atoms with Gasteiger partial charge >= 0.3 is 0 Å². The van der Waals surface area contributed by atoms with Crippen molar-refractivity contribution < 1.29 is 4.39 Å². The second-order valence-electron chi connectivity index (χ2n) is 2.49. The van der Waals surface area contributed by atoms with Gasteiger partial charge in [0.2, 0.25) is 0 Å². The third-order valence-electron chi connectivity index (χ3n) is 1.63. The van der Waals surface area contributed by atoms with Crippen molar-refractivity contribution in [1.82, 2.24) is 9.97 Å². The highest BCUT2D eigenvalue weighted by Gasteiger charge is 2.04. The number of hydrogen-bond donors (Lipinski definition) is 0. The van der Waals surface area contributed by atoms with Crippen LogP contribution >= 0.6 is 0 Å². The van der Waals surface area contributed by atoms with Gasteiger partial charge in [-0.15, -0.1) is 0 Å². The summed E-state index contributed by atoms with van der Waals surface area (Å²) in [5, 5.41) is 0. The Hall–Kier alpha value is -1.77. The smallest absolute Gasteiger partial charge is 0.162 e. The Morgan fingerprint density at radius 2 is 2.08 bits per heavy atom. The van der Waals surface area contributed by atoms with E-state index in [9.17, 15) is 4.39 Å². The molecule has 2 aromatic rings. The number of benzene rings is 1. The van der Waals surface area contributed by atoms with Gasteiger partial charge in [0.25, 0.3) is 0 Å². The molecule has 0 bridgehead atoms. The molecule has 0 fully saturated rings. The minimum atomic E-state index is -0.317. The zero-order valence-electron chi connectivity index (χ0n) is 6.74. The van der Waals surface area contributed by atoms with Crippen LogP contribution in [0.1, 0.15) is 0 Å². The number of nitrogens with zero attached hydrogens (tertiary/aromatic N) is 2. The average Bonchev–Trinajstić information content (AvgIpc) is 2.20. The molecule has 1 aromatic heterocycles. The molecule has 2 nitrogen and oxygen atoms in total. The molecule has 63 valence electrons. The molecule has 1 radical (unpaired) electrons. The highest BCUT2D eigenvalue weighted by molar-refractivity contribution is 5.54. The summed E-state index contributed by atoms with van der Waals surface area (Å²) >= 11 is 0. The number of rotatable bonds is 1. The van der Waals surface area contributed by atoms with Crippen molar-refractivity contribution in [2.24, 2.45) is 0 Å². The first-order chi connectivity index (χ1) is 6.38.